The second kappa shape index (κ2) is 11.1. The number of anilines is 1. The fraction of sp³-hybridized carbons (Fsp3) is 0.286. The van der Waals surface area contributed by atoms with Gasteiger partial charge in [-0.05, 0) is 0 Å². The molecular formula is C28H28F3N3O2Se. The molecule has 2 N–H and O–H groups in total. The second-order valence-electron chi connectivity index (χ2n) is 8.75. The van der Waals surface area contributed by atoms with E-state index in [-0.39, 0.29) is 26.3 Å². The first-order valence-electron chi connectivity index (χ1n) is 12.1. The summed E-state index contributed by atoms with van der Waals surface area (Å²) >= 11 is -0.0677. The molecule has 0 spiro atoms. The Bertz CT molecular complexity index is 1340. The molecular weight excluding hydrogens is 546 g/mol. The van der Waals surface area contributed by atoms with Crippen LogP contribution < -0.4 is 10.6 Å². The Kier molecular flexibility index (Phi) is 8.07. The Balaban J connectivity index is 1.52. The molecule has 2 aromatic carbocycles. The molecule has 9 heteroatoms. The molecule has 0 aliphatic carbocycles. The fourth-order valence-corrected chi connectivity index (χ4v) is 6.31. The minimum atomic E-state index is -4.39. The number of carbonyl (C=O) groups excluding carboxylic acids is 2. The topological polar surface area (TPSA) is 61.4 Å². The van der Waals surface area contributed by atoms with Crippen LogP contribution >= 0.6 is 0 Å². The Morgan fingerprint density at radius 3 is 2.38 bits per heavy atom. The summed E-state index contributed by atoms with van der Waals surface area (Å²) in [4.78, 5) is 27.7. The number of carbonyl (C=O) groups is 2. The van der Waals surface area contributed by atoms with Gasteiger partial charge < -0.3 is 0 Å². The summed E-state index contributed by atoms with van der Waals surface area (Å²) in [7, 11) is 0. The molecule has 3 aromatic rings. The molecule has 2 heterocycles. The third kappa shape index (κ3) is 6.06. The van der Waals surface area contributed by atoms with Crippen LogP contribution in [0.4, 0.5) is 18.9 Å². The summed E-state index contributed by atoms with van der Waals surface area (Å²) in [5.74, 6) is -0.344. The van der Waals surface area contributed by atoms with Crippen LogP contribution in [-0.2, 0) is 11.0 Å². The van der Waals surface area contributed by atoms with Crippen molar-refractivity contribution in [1.82, 2.24) is 10.2 Å². The van der Waals surface area contributed by atoms with Gasteiger partial charge in [-0.15, -0.1) is 0 Å². The summed E-state index contributed by atoms with van der Waals surface area (Å²) in [5, 5.41) is 5.85. The van der Waals surface area contributed by atoms with Gasteiger partial charge in [0.15, 0.2) is 0 Å². The molecule has 0 fully saturated rings. The Morgan fingerprint density at radius 1 is 1.05 bits per heavy atom. The number of likely N-dealkylation sites (N-methyl/N-ethyl adjacent to an activating group) is 1. The monoisotopic (exact) mass is 575 g/mol. The predicted molar refractivity (Wildman–Crippen MR) is 142 cm³/mol. The van der Waals surface area contributed by atoms with Crippen molar-refractivity contribution < 1.29 is 22.8 Å². The first-order chi connectivity index (χ1) is 17.6. The van der Waals surface area contributed by atoms with E-state index >= 15 is 0 Å². The third-order valence-corrected chi connectivity index (χ3v) is 8.52. The first-order valence-corrected chi connectivity index (χ1v) is 13.8. The van der Waals surface area contributed by atoms with Crippen molar-refractivity contribution in [2.45, 2.75) is 26.9 Å². The molecule has 194 valence electrons. The van der Waals surface area contributed by atoms with Gasteiger partial charge in [0.2, 0.25) is 0 Å². The molecule has 5 nitrogen and oxygen atoms in total. The van der Waals surface area contributed by atoms with E-state index in [2.05, 4.69) is 29.4 Å². The molecule has 1 aliphatic heterocycles. The Morgan fingerprint density at radius 2 is 1.73 bits per heavy atom. The summed E-state index contributed by atoms with van der Waals surface area (Å²) in [6.07, 6.45) is -2.56. The molecule has 0 saturated carbocycles. The zero-order chi connectivity index (χ0) is 26.7. The van der Waals surface area contributed by atoms with Crippen molar-refractivity contribution in [3.8, 4) is 11.1 Å². The maximum atomic E-state index is 12.9. The summed E-state index contributed by atoms with van der Waals surface area (Å²) in [6.45, 7) is 9.36. The molecule has 0 saturated heterocycles. The average molecular weight is 575 g/mol. The zero-order valence-electron chi connectivity index (χ0n) is 20.8. The van der Waals surface area contributed by atoms with E-state index in [0.717, 1.165) is 46.2 Å². The molecule has 1 aliphatic rings. The number of halogens is 3. The van der Waals surface area contributed by atoms with Crippen LogP contribution in [0, 0.1) is 6.92 Å². The van der Waals surface area contributed by atoms with Gasteiger partial charge in [-0.25, -0.2) is 0 Å². The molecule has 37 heavy (non-hydrogen) atoms. The zero-order valence-corrected chi connectivity index (χ0v) is 22.5. The minimum absolute atomic E-state index is 0.0677. The van der Waals surface area contributed by atoms with Crippen LogP contribution in [0.1, 0.15) is 44.2 Å². The molecule has 0 atom stereocenters. The van der Waals surface area contributed by atoms with Crippen molar-refractivity contribution in [2.75, 3.05) is 31.5 Å². The molecule has 0 bridgehead atoms. The number of aryl methyl sites for hydroxylation is 1. The van der Waals surface area contributed by atoms with E-state index in [4.69, 9.17) is 0 Å². The van der Waals surface area contributed by atoms with E-state index in [0.29, 0.717) is 34.5 Å². The number of fused-ring (bicyclic) bond motifs is 1. The maximum absolute atomic E-state index is 12.9. The van der Waals surface area contributed by atoms with E-state index in [1.54, 1.807) is 18.2 Å². The molecule has 2 amide bonds. The van der Waals surface area contributed by atoms with Crippen molar-refractivity contribution in [3.05, 3.63) is 74.1 Å². The fourth-order valence-electron chi connectivity index (χ4n) is 4.28. The number of rotatable bonds is 8. The number of nitrogens with zero attached hydrogens (tertiary/aromatic N) is 1. The number of benzene rings is 2. The van der Waals surface area contributed by atoms with Crippen molar-refractivity contribution in [2.24, 2.45) is 0 Å². The van der Waals surface area contributed by atoms with E-state index in [1.807, 2.05) is 19.1 Å². The van der Waals surface area contributed by atoms with E-state index < -0.39 is 11.7 Å². The van der Waals surface area contributed by atoms with Gasteiger partial charge in [0.25, 0.3) is 0 Å². The Hall–Kier alpha value is -3.13. The standard InChI is InChI=1S/C28H28F3N3O2Se/c1-4-34(5-2)13-12-32-26(35)23-15-21(37-17(23)3)16-24-22-11-8-19(14-25(22)33-27(24)36)18-6-9-20(10-7-18)28(29,30)31/h6-11,14-16H,4-5,12-13H2,1-3H3,(H,32,35)(H,33,36). The van der Waals surface area contributed by atoms with Crippen LogP contribution in [0.15, 0.2) is 48.5 Å². The van der Waals surface area contributed by atoms with Gasteiger partial charge in [-0.2, -0.15) is 13.2 Å². The van der Waals surface area contributed by atoms with Gasteiger partial charge in [-0.3, -0.25) is 0 Å². The summed E-state index contributed by atoms with van der Waals surface area (Å²) in [5.41, 5.74) is 3.13. The molecule has 4 rings (SSSR count). The summed E-state index contributed by atoms with van der Waals surface area (Å²) < 4.78 is 40.6. The number of hydrogen-bond donors (Lipinski definition) is 2. The quantitative estimate of drug-likeness (QED) is 0.284. The van der Waals surface area contributed by atoms with Crippen LogP contribution in [0.25, 0.3) is 22.8 Å². The van der Waals surface area contributed by atoms with Gasteiger partial charge in [-0.1, -0.05) is 0 Å². The van der Waals surface area contributed by atoms with Crippen molar-refractivity contribution in [3.63, 3.8) is 0 Å². The van der Waals surface area contributed by atoms with Gasteiger partial charge in [0.1, 0.15) is 0 Å². The van der Waals surface area contributed by atoms with Gasteiger partial charge in [0, 0.05) is 0 Å². The Labute approximate surface area is 220 Å². The first kappa shape index (κ1) is 26.9. The van der Waals surface area contributed by atoms with Gasteiger partial charge in [0.05, 0.1) is 0 Å². The van der Waals surface area contributed by atoms with Crippen LogP contribution in [0.2, 0.25) is 0 Å². The van der Waals surface area contributed by atoms with Crippen LogP contribution in [-0.4, -0.2) is 57.4 Å². The second-order valence-corrected chi connectivity index (χ2v) is 11.5. The molecule has 1 aromatic heterocycles. The van der Waals surface area contributed by atoms with E-state index in [9.17, 15) is 22.8 Å². The predicted octanol–water partition coefficient (Wildman–Crippen LogP) is 5.30. The number of amides is 2. The van der Waals surface area contributed by atoms with Crippen LogP contribution in [0.3, 0.4) is 0 Å². The SMILES string of the molecule is CCN(CC)CCNC(=O)c1cc(C=C2C(=O)Nc3cc(-c4ccc(C(F)(F)F)cc4)ccc32)[se]c1C. The number of alkyl halides is 3. The molecule has 0 unspecified atom stereocenters. The van der Waals surface area contributed by atoms with Crippen molar-refractivity contribution >= 4 is 43.7 Å². The average Bonchev–Trinajstić information content (AvgIpc) is 3.39. The number of nitrogens with one attached hydrogen (secondary N) is 2. The molecule has 0 radical (unpaired) electrons. The van der Waals surface area contributed by atoms with Gasteiger partial charge >= 0.3 is 207 Å². The summed E-state index contributed by atoms with van der Waals surface area (Å²) in [6, 6.07) is 12.2. The third-order valence-electron chi connectivity index (χ3n) is 6.42. The number of hydrogen-bond acceptors (Lipinski definition) is 3. The normalized spacial score (nSPS) is 14.2. The van der Waals surface area contributed by atoms with Crippen molar-refractivity contribution in [1.29, 1.82) is 0 Å². The van der Waals surface area contributed by atoms with Crippen LogP contribution in [0.5, 0.6) is 0 Å². The van der Waals surface area contributed by atoms with E-state index in [1.165, 1.54) is 12.1 Å².